The molecule has 2 aromatic carbocycles. The topological polar surface area (TPSA) is 50.4 Å². The molecule has 0 radical (unpaired) electrons. The predicted molar refractivity (Wildman–Crippen MR) is 98.7 cm³/mol. The van der Waals surface area contributed by atoms with Crippen molar-refractivity contribution in [2.24, 2.45) is 0 Å². The van der Waals surface area contributed by atoms with Crippen molar-refractivity contribution in [3.05, 3.63) is 59.2 Å². The molecule has 0 saturated carbocycles. The lowest BCUT2D eigenvalue weighted by atomic mass is 10.1. The number of anilines is 1. The summed E-state index contributed by atoms with van der Waals surface area (Å²) in [5, 5.41) is 6.27. The van der Waals surface area contributed by atoms with Gasteiger partial charge in [-0.05, 0) is 62.1 Å². The maximum absolute atomic E-state index is 12.2. The molecule has 2 aromatic rings. The number of carbonyl (C=O) groups excluding carboxylic acids is 1. The lowest BCUT2D eigenvalue weighted by Crippen LogP contribution is -2.38. The van der Waals surface area contributed by atoms with Gasteiger partial charge in [0, 0.05) is 12.2 Å². The van der Waals surface area contributed by atoms with Gasteiger partial charge in [-0.15, -0.1) is 0 Å². The van der Waals surface area contributed by atoms with Crippen LogP contribution >= 0.6 is 0 Å². The minimum atomic E-state index is -0.277. The van der Waals surface area contributed by atoms with Gasteiger partial charge >= 0.3 is 0 Å². The van der Waals surface area contributed by atoms with Crippen LogP contribution in [0.15, 0.2) is 42.5 Å². The zero-order chi connectivity index (χ0) is 17.5. The number of methoxy groups -OCH3 is 1. The molecule has 0 saturated heterocycles. The second kappa shape index (κ2) is 8.39. The highest BCUT2D eigenvalue weighted by Crippen LogP contribution is 2.17. The standard InChI is InChI=1S/C20H26N2O2/c1-14-5-6-15(2)19(13-14)22-16(3)20(23)21-12-11-17-7-9-18(24-4)10-8-17/h5-10,13,16,22H,11-12H2,1-4H3,(H,21,23). The molecule has 2 N–H and O–H groups in total. The monoisotopic (exact) mass is 326 g/mol. The van der Waals surface area contributed by atoms with Crippen LogP contribution in [0.4, 0.5) is 5.69 Å². The summed E-state index contributed by atoms with van der Waals surface area (Å²) in [6.07, 6.45) is 0.798. The molecule has 4 nitrogen and oxygen atoms in total. The smallest absolute Gasteiger partial charge is 0.242 e. The van der Waals surface area contributed by atoms with Gasteiger partial charge in [-0.25, -0.2) is 0 Å². The zero-order valence-corrected chi connectivity index (χ0v) is 14.8. The number of benzene rings is 2. The maximum Gasteiger partial charge on any atom is 0.242 e. The van der Waals surface area contributed by atoms with E-state index < -0.39 is 0 Å². The quantitative estimate of drug-likeness (QED) is 0.819. The molecule has 0 spiro atoms. The van der Waals surface area contributed by atoms with Crippen molar-refractivity contribution in [2.45, 2.75) is 33.2 Å². The van der Waals surface area contributed by atoms with E-state index in [1.807, 2.05) is 45.0 Å². The summed E-state index contributed by atoms with van der Waals surface area (Å²) < 4.78 is 5.14. The van der Waals surface area contributed by atoms with Crippen LogP contribution in [0.5, 0.6) is 5.75 Å². The second-order valence-electron chi connectivity index (χ2n) is 6.07. The Kier molecular flexibility index (Phi) is 6.24. The minimum absolute atomic E-state index is 0.00409. The molecule has 1 amide bonds. The molecule has 0 aliphatic heterocycles. The lowest BCUT2D eigenvalue weighted by molar-refractivity contribution is -0.121. The number of aryl methyl sites for hydroxylation is 2. The number of amides is 1. The number of nitrogens with one attached hydrogen (secondary N) is 2. The second-order valence-corrected chi connectivity index (χ2v) is 6.07. The summed E-state index contributed by atoms with van der Waals surface area (Å²) in [7, 11) is 1.65. The third-order valence-electron chi connectivity index (χ3n) is 4.03. The van der Waals surface area contributed by atoms with Gasteiger partial charge in [0.05, 0.1) is 7.11 Å². The first-order valence-electron chi connectivity index (χ1n) is 8.24. The van der Waals surface area contributed by atoms with Gasteiger partial charge in [-0.3, -0.25) is 4.79 Å². The largest absolute Gasteiger partial charge is 0.497 e. The number of carbonyl (C=O) groups is 1. The third-order valence-corrected chi connectivity index (χ3v) is 4.03. The Labute approximate surface area is 144 Å². The van der Waals surface area contributed by atoms with Crippen molar-refractivity contribution in [3.63, 3.8) is 0 Å². The zero-order valence-electron chi connectivity index (χ0n) is 14.8. The Bertz CT molecular complexity index is 681. The Hall–Kier alpha value is -2.49. The third kappa shape index (κ3) is 5.01. The van der Waals surface area contributed by atoms with Crippen LogP contribution in [0.2, 0.25) is 0 Å². The van der Waals surface area contributed by atoms with Crippen molar-refractivity contribution in [1.82, 2.24) is 5.32 Å². The van der Waals surface area contributed by atoms with Gasteiger partial charge in [0.25, 0.3) is 0 Å². The highest BCUT2D eigenvalue weighted by molar-refractivity contribution is 5.84. The number of rotatable bonds is 7. The maximum atomic E-state index is 12.2. The van der Waals surface area contributed by atoms with E-state index in [-0.39, 0.29) is 11.9 Å². The molecule has 2 rings (SSSR count). The number of ether oxygens (including phenoxy) is 1. The van der Waals surface area contributed by atoms with Crippen LogP contribution in [0.1, 0.15) is 23.6 Å². The van der Waals surface area contributed by atoms with E-state index in [4.69, 9.17) is 4.74 Å². The summed E-state index contributed by atoms with van der Waals surface area (Å²) in [4.78, 5) is 12.2. The highest BCUT2D eigenvalue weighted by atomic mass is 16.5. The molecular weight excluding hydrogens is 300 g/mol. The van der Waals surface area contributed by atoms with Crippen molar-refractivity contribution < 1.29 is 9.53 Å². The first-order valence-corrected chi connectivity index (χ1v) is 8.24. The van der Waals surface area contributed by atoms with E-state index in [0.29, 0.717) is 6.54 Å². The number of hydrogen-bond donors (Lipinski definition) is 2. The van der Waals surface area contributed by atoms with E-state index in [1.165, 1.54) is 11.1 Å². The summed E-state index contributed by atoms with van der Waals surface area (Å²) in [5.74, 6) is 0.846. The molecular formula is C20H26N2O2. The molecule has 4 heteroatoms. The predicted octanol–water partition coefficient (Wildman–Crippen LogP) is 3.47. The van der Waals surface area contributed by atoms with Crippen LogP contribution in [-0.2, 0) is 11.2 Å². The Balaban J connectivity index is 1.81. The highest BCUT2D eigenvalue weighted by Gasteiger charge is 2.13. The van der Waals surface area contributed by atoms with Gasteiger partial charge in [-0.1, -0.05) is 24.3 Å². The summed E-state index contributed by atoms with van der Waals surface area (Å²) >= 11 is 0. The van der Waals surface area contributed by atoms with Gasteiger partial charge in [-0.2, -0.15) is 0 Å². The minimum Gasteiger partial charge on any atom is -0.497 e. The first kappa shape index (κ1) is 17.9. The molecule has 0 aliphatic rings. The number of hydrogen-bond acceptors (Lipinski definition) is 3. The average molecular weight is 326 g/mol. The van der Waals surface area contributed by atoms with E-state index >= 15 is 0 Å². The van der Waals surface area contributed by atoms with Crippen LogP contribution in [0.25, 0.3) is 0 Å². The first-order chi connectivity index (χ1) is 11.5. The normalized spacial score (nSPS) is 11.7. The van der Waals surface area contributed by atoms with E-state index in [0.717, 1.165) is 23.4 Å². The molecule has 24 heavy (non-hydrogen) atoms. The van der Waals surface area contributed by atoms with Crippen LogP contribution in [0, 0.1) is 13.8 Å². The van der Waals surface area contributed by atoms with Gasteiger partial charge in [0.2, 0.25) is 5.91 Å². The van der Waals surface area contributed by atoms with Crippen LogP contribution in [0.3, 0.4) is 0 Å². The fourth-order valence-corrected chi connectivity index (χ4v) is 2.47. The molecule has 0 fully saturated rings. The van der Waals surface area contributed by atoms with Crippen molar-refractivity contribution >= 4 is 11.6 Å². The molecule has 0 aromatic heterocycles. The Morgan fingerprint density at radius 2 is 1.83 bits per heavy atom. The molecule has 1 unspecified atom stereocenters. The molecule has 128 valence electrons. The Morgan fingerprint density at radius 3 is 2.50 bits per heavy atom. The van der Waals surface area contributed by atoms with Crippen LogP contribution < -0.4 is 15.4 Å². The summed E-state index contributed by atoms with van der Waals surface area (Å²) in [6, 6.07) is 13.8. The van der Waals surface area contributed by atoms with Gasteiger partial charge in [0.15, 0.2) is 0 Å². The van der Waals surface area contributed by atoms with Gasteiger partial charge in [0.1, 0.15) is 11.8 Å². The van der Waals surface area contributed by atoms with Gasteiger partial charge < -0.3 is 15.4 Å². The van der Waals surface area contributed by atoms with Crippen molar-refractivity contribution in [3.8, 4) is 5.75 Å². The molecule has 0 heterocycles. The van der Waals surface area contributed by atoms with E-state index in [9.17, 15) is 4.79 Å². The average Bonchev–Trinajstić information content (AvgIpc) is 2.58. The van der Waals surface area contributed by atoms with Crippen molar-refractivity contribution in [2.75, 3.05) is 19.0 Å². The summed E-state index contributed by atoms with van der Waals surface area (Å²) in [6.45, 7) is 6.58. The Morgan fingerprint density at radius 1 is 1.12 bits per heavy atom. The molecule has 0 bridgehead atoms. The fraction of sp³-hybridized carbons (Fsp3) is 0.350. The fourth-order valence-electron chi connectivity index (χ4n) is 2.47. The lowest BCUT2D eigenvalue weighted by Gasteiger charge is -2.17. The van der Waals surface area contributed by atoms with E-state index in [2.05, 4.69) is 28.8 Å². The summed E-state index contributed by atoms with van der Waals surface area (Å²) in [5.41, 5.74) is 4.49. The SMILES string of the molecule is COc1ccc(CCNC(=O)C(C)Nc2cc(C)ccc2C)cc1. The van der Waals surface area contributed by atoms with Crippen molar-refractivity contribution in [1.29, 1.82) is 0 Å². The molecule has 0 aliphatic carbocycles. The van der Waals surface area contributed by atoms with Crippen LogP contribution in [-0.4, -0.2) is 25.6 Å². The molecule has 1 atom stereocenters. The van der Waals surface area contributed by atoms with E-state index in [1.54, 1.807) is 7.11 Å².